The molecule has 0 saturated carbocycles. The first-order valence-corrected chi connectivity index (χ1v) is 6.01. The predicted molar refractivity (Wildman–Crippen MR) is 60.8 cm³/mol. The van der Waals surface area contributed by atoms with Crippen LogP contribution in [0.15, 0.2) is 0 Å². The average molecular weight is 228 g/mol. The second-order valence-corrected chi connectivity index (χ2v) is 4.78. The molecule has 3 nitrogen and oxygen atoms in total. The molecule has 0 atom stereocenters. The maximum absolute atomic E-state index is 5.16. The molecule has 2 heterocycles. The van der Waals surface area contributed by atoms with Gasteiger partial charge >= 0.3 is 0 Å². The number of methoxy groups -OCH3 is 1. The standard InChI is InChI=1S/C9H12N2OS2/c1-5-7(12-2)9(13)11-8(10-5)6-3-14-4-6/h6H,3-4H2,1-2H3,(H,10,11,13). The van der Waals surface area contributed by atoms with Gasteiger partial charge in [0, 0.05) is 17.4 Å². The van der Waals surface area contributed by atoms with E-state index in [-0.39, 0.29) is 0 Å². The van der Waals surface area contributed by atoms with Crippen LogP contribution in [0.2, 0.25) is 0 Å². The van der Waals surface area contributed by atoms with Crippen LogP contribution in [-0.2, 0) is 0 Å². The summed E-state index contributed by atoms with van der Waals surface area (Å²) in [5.41, 5.74) is 0.972. The first-order valence-electron chi connectivity index (χ1n) is 4.45. The molecule has 1 N–H and O–H groups in total. The molecule has 0 spiro atoms. The number of aromatic nitrogens is 2. The summed E-state index contributed by atoms with van der Waals surface area (Å²) in [6, 6.07) is 0. The van der Waals surface area contributed by atoms with Crippen molar-refractivity contribution < 1.29 is 4.74 Å². The second-order valence-electron chi connectivity index (χ2n) is 3.32. The highest BCUT2D eigenvalue weighted by atomic mass is 32.2. The van der Waals surface area contributed by atoms with Crippen LogP contribution < -0.4 is 4.74 Å². The van der Waals surface area contributed by atoms with Crippen LogP contribution in [0.4, 0.5) is 0 Å². The highest BCUT2D eigenvalue weighted by molar-refractivity contribution is 8.00. The van der Waals surface area contributed by atoms with Gasteiger partial charge in [0.25, 0.3) is 0 Å². The lowest BCUT2D eigenvalue weighted by molar-refractivity contribution is 0.403. The Labute approximate surface area is 92.3 Å². The van der Waals surface area contributed by atoms with E-state index < -0.39 is 0 Å². The summed E-state index contributed by atoms with van der Waals surface area (Å²) < 4.78 is 5.72. The minimum atomic E-state index is 0.548. The van der Waals surface area contributed by atoms with Gasteiger partial charge in [-0.3, -0.25) is 0 Å². The highest BCUT2D eigenvalue weighted by Gasteiger charge is 2.23. The molecule has 76 valence electrons. The molecule has 1 aliphatic heterocycles. The van der Waals surface area contributed by atoms with Crippen LogP contribution in [0.1, 0.15) is 17.4 Å². The molecule has 0 unspecified atom stereocenters. The lowest BCUT2D eigenvalue weighted by Crippen LogP contribution is -2.19. The molecule has 1 aromatic heterocycles. The zero-order chi connectivity index (χ0) is 10.1. The molecule has 1 aromatic rings. The molecule has 0 bridgehead atoms. The number of rotatable bonds is 2. The largest absolute Gasteiger partial charge is 0.492 e. The predicted octanol–water partition coefficient (Wildman–Crippen LogP) is 2.29. The fourth-order valence-corrected chi connectivity index (χ4v) is 2.55. The zero-order valence-electron chi connectivity index (χ0n) is 8.16. The third kappa shape index (κ3) is 1.66. The number of aromatic amines is 1. The van der Waals surface area contributed by atoms with E-state index in [4.69, 9.17) is 17.0 Å². The van der Waals surface area contributed by atoms with Gasteiger partial charge < -0.3 is 9.72 Å². The van der Waals surface area contributed by atoms with E-state index >= 15 is 0 Å². The molecule has 1 fully saturated rings. The molecular weight excluding hydrogens is 216 g/mol. The van der Waals surface area contributed by atoms with Gasteiger partial charge in [-0.25, -0.2) is 4.98 Å². The van der Waals surface area contributed by atoms with Crippen molar-refractivity contribution >= 4 is 24.0 Å². The summed E-state index contributed by atoms with van der Waals surface area (Å²) in [4.78, 5) is 7.60. The molecule has 1 aliphatic rings. The first kappa shape index (κ1) is 9.98. The molecule has 5 heteroatoms. The minimum absolute atomic E-state index is 0.548. The number of nitrogens with zero attached hydrogens (tertiary/aromatic N) is 1. The number of nitrogens with one attached hydrogen (secondary N) is 1. The van der Waals surface area contributed by atoms with E-state index in [0.29, 0.717) is 16.3 Å². The molecule has 2 rings (SSSR count). The topological polar surface area (TPSA) is 37.9 Å². The lowest BCUT2D eigenvalue weighted by atomic mass is 10.2. The summed E-state index contributed by atoms with van der Waals surface area (Å²) in [5, 5.41) is 0. The minimum Gasteiger partial charge on any atom is -0.492 e. The third-order valence-electron chi connectivity index (χ3n) is 2.30. The fourth-order valence-electron chi connectivity index (χ4n) is 1.42. The summed E-state index contributed by atoms with van der Waals surface area (Å²) in [6.45, 7) is 1.96. The van der Waals surface area contributed by atoms with Crippen LogP contribution >= 0.6 is 24.0 Å². The number of hydrogen-bond donors (Lipinski definition) is 1. The number of thioether (sulfide) groups is 1. The molecular formula is C9H12N2OS2. The Morgan fingerprint density at radius 1 is 1.57 bits per heavy atom. The van der Waals surface area contributed by atoms with Gasteiger partial charge in [0.05, 0.1) is 12.8 Å². The van der Waals surface area contributed by atoms with Crippen LogP contribution in [0.25, 0.3) is 0 Å². The summed E-state index contributed by atoms with van der Waals surface area (Å²) in [7, 11) is 1.62. The van der Waals surface area contributed by atoms with Gasteiger partial charge in [0.15, 0.2) is 10.4 Å². The van der Waals surface area contributed by atoms with Crippen LogP contribution in [0, 0.1) is 11.6 Å². The smallest absolute Gasteiger partial charge is 0.174 e. The Balaban J connectivity index is 2.40. The zero-order valence-corrected chi connectivity index (χ0v) is 9.80. The Hall–Kier alpha value is -0.550. The van der Waals surface area contributed by atoms with Crippen molar-refractivity contribution in [1.82, 2.24) is 9.97 Å². The van der Waals surface area contributed by atoms with Crippen molar-refractivity contribution in [3.8, 4) is 5.75 Å². The Morgan fingerprint density at radius 2 is 2.29 bits per heavy atom. The van der Waals surface area contributed by atoms with E-state index in [1.54, 1.807) is 7.11 Å². The maximum atomic E-state index is 5.16. The van der Waals surface area contributed by atoms with Crippen molar-refractivity contribution in [1.29, 1.82) is 0 Å². The van der Waals surface area contributed by atoms with Gasteiger partial charge in [-0.05, 0) is 6.92 Å². The van der Waals surface area contributed by atoms with E-state index in [0.717, 1.165) is 23.0 Å². The van der Waals surface area contributed by atoms with Gasteiger partial charge in [0.1, 0.15) is 5.82 Å². The molecule has 14 heavy (non-hydrogen) atoms. The van der Waals surface area contributed by atoms with Crippen molar-refractivity contribution in [2.24, 2.45) is 0 Å². The maximum Gasteiger partial charge on any atom is 0.174 e. The number of hydrogen-bond acceptors (Lipinski definition) is 4. The monoisotopic (exact) mass is 228 g/mol. The Morgan fingerprint density at radius 3 is 2.71 bits per heavy atom. The first-order chi connectivity index (χ1) is 6.72. The lowest BCUT2D eigenvalue weighted by Gasteiger charge is -2.24. The summed E-state index contributed by atoms with van der Waals surface area (Å²) in [5.74, 6) is 4.53. The second kappa shape index (κ2) is 3.90. The van der Waals surface area contributed by atoms with Gasteiger partial charge in [0.2, 0.25) is 0 Å². The van der Waals surface area contributed by atoms with E-state index in [2.05, 4.69) is 9.97 Å². The van der Waals surface area contributed by atoms with Crippen molar-refractivity contribution in [3.63, 3.8) is 0 Å². The van der Waals surface area contributed by atoms with E-state index in [1.165, 1.54) is 0 Å². The van der Waals surface area contributed by atoms with Crippen LogP contribution in [-0.4, -0.2) is 28.6 Å². The molecule has 1 saturated heterocycles. The van der Waals surface area contributed by atoms with E-state index in [1.807, 2.05) is 18.7 Å². The van der Waals surface area contributed by atoms with Gasteiger partial charge in [-0.2, -0.15) is 11.8 Å². The molecule has 0 radical (unpaired) electrons. The quantitative estimate of drug-likeness (QED) is 0.788. The van der Waals surface area contributed by atoms with E-state index in [9.17, 15) is 0 Å². The fraction of sp³-hybridized carbons (Fsp3) is 0.556. The summed E-state index contributed by atoms with van der Waals surface area (Å²) >= 11 is 7.09. The normalized spacial score (nSPS) is 16.4. The summed E-state index contributed by atoms with van der Waals surface area (Å²) in [6.07, 6.45) is 0. The third-order valence-corrected chi connectivity index (χ3v) is 3.85. The number of ether oxygens (including phenoxy) is 1. The molecule has 0 aliphatic carbocycles. The SMILES string of the molecule is COc1c(C)[nH]c(C2CSC2)nc1=S. The highest BCUT2D eigenvalue weighted by Crippen LogP contribution is 2.32. The van der Waals surface area contributed by atoms with Gasteiger partial charge in [-0.1, -0.05) is 12.2 Å². The Bertz CT molecular complexity index is 398. The average Bonchev–Trinajstić information content (AvgIpc) is 2.00. The van der Waals surface area contributed by atoms with Crippen molar-refractivity contribution in [2.45, 2.75) is 12.8 Å². The molecule has 0 amide bonds. The van der Waals surface area contributed by atoms with Crippen LogP contribution in [0.3, 0.4) is 0 Å². The van der Waals surface area contributed by atoms with Crippen molar-refractivity contribution in [2.75, 3.05) is 18.6 Å². The van der Waals surface area contributed by atoms with Gasteiger partial charge in [-0.15, -0.1) is 0 Å². The molecule has 0 aromatic carbocycles. The van der Waals surface area contributed by atoms with Crippen molar-refractivity contribution in [3.05, 3.63) is 16.2 Å². The number of H-pyrrole nitrogens is 1. The number of aryl methyl sites for hydroxylation is 1. The Kier molecular flexibility index (Phi) is 2.78. The van der Waals surface area contributed by atoms with Crippen LogP contribution in [0.5, 0.6) is 5.75 Å².